The summed E-state index contributed by atoms with van der Waals surface area (Å²) in [6, 6.07) is 4.08. The number of nitrogens with zero attached hydrogens (tertiary/aromatic N) is 2. The fourth-order valence-electron chi connectivity index (χ4n) is 2.32. The molecule has 2 rings (SSSR count). The molecule has 3 N–H and O–H groups in total. The van der Waals surface area contributed by atoms with Crippen molar-refractivity contribution in [2.45, 2.75) is 32.2 Å². The SMILES string of the molecule is CCCC(N)C(=O)NCCc1nc2cc(F)ccc2n1C. The Hall–Kier alpha value is -1.95. The second-order valence-corrected chi connectivity index (χ2v) is 5.16. The second kappa shape index (κ2) is 6.67. The van der Waals surface area contributed by atoms with E-state index in [1.807, 2.05) is 18.5 Å². The Morgan fingerprint density at radius 3 is 3.00 bits per heavy atom. The molecule has 1 heterocycles. The number of benzene rings is 1. The summed E-state index contributed by atoms with van der Waals surface area (Å²) in [6.45, 7) is 2.46. The number of nitrogens with one attached hydrogen (secondary N) is 1. The van der Waals surface area contributed by atoms with Crippen LogP contribution in [0.2, 0.25) is 0 Å². The minimum atomic E-state index is -0.454. The number of amides is 1. The molecule has 1 amide bonds. The van der Waals surface area contributed by atoms with Gasteiger partial charge in [0.2, 0.25) is 5.91 Å². The maximum absolute atomic E-state index is 13.2. The van der Waals surface area contributed by atoms with E-state index in [1.165, 1.54) is 12.1 Å². The summed E-state index contributed by atoms with van der Waals surface area (Å²) in [6.07, 6.45) is 2.14. The van der Waals surface area contributed by atoms with Crippen LogP contribution in [0.1, 0.15) is 25.6 Å². The van der Waals surface area contributed by atoms with E-state index in [0.717, 1.165) is 17.8 Å². The van der Waals surface area contributed by atoms with E-state index in [1.54, 1.807) is 6.07 Å². The van der Waals surface area contributed by atoms with Crippen molar-refractivity contribution in [2.24, 2.45) is 12.8 Å². The molecule has 1 aromatic carbocycles. The standard InChI is InChI=1S/C15H21FN4O/c1-3-4-11(17)15(21)18-8-7-14-19-12-9-10(16)5-6-13(12)20(14)2/h5-6,9,11H,3-4,7-8,17H2,1-2H3,(H,18,21). The first-order valence-corrected chi connectivity index (χ1v) is 7.17. The number of aromatic nitrogens is 2. The molecule has 0 fully saturated rings. The number of imidazole rings is 1. The molecule has 21 heavy (non-hydrogen) atoms. The van der Waals surface area contributed by atoms with Crippen molar-refractivity contribution >= 4 is 16.9 Å². The summed E-state index contributed by atoms with van der Waals surface area (Å²) in [5.74, 6) is 0.368. The van der Waals surface area contributed by atoms with Crippen LogP contribution in [0.15, 0.2) is 18.2 Å². The zero-order valence-corrected chi connectivity index (χ0v) is 12.4. The third-order valence-electron chi connectivity index (χ3n) is 3.52. The number of fused-ring (bicyclic) bond motifs is 1. The topological polar surface area (TPSA) is 72.9 Å². The van der Waals surface area contributed by atoms with E-state index < -0.39 is 6.04 Å². The van der Waals surface area contributed by atoms with Crippen LogP contribution in [0.25, 0.3) is 11.0 Å². The number of nitrogens with two attached hydrogens (primary N) is 1. The zero-order valence-electron chi connectivity index (χ0n) is 12.4. The van der Waals surface area contributed by atoms with Gasteiger partial charge in [0.15, 0.2) is 0 Å². The van der Waals surface area contributed by atoms with Crippen LogP contribution in [0, 0.1) is 5.82 Å². The number of carbonyl (C=O) groups is 1. The Morgan fingerprint density at radius 2 is 2.29 bits per heavy atom. The Labute approximate surface area is 123 Å². The summed E-state index contributed by atoms with van der Waals surface area (Å²) >= 11 is 0. The maximum Gasteiger partial charge on any atom is 0.236 e. The van der Waals surface area contributed by atoms with Gasteiger partial charge in [0.05, 0.1) is 17.1 Å². The third kappa shape index (κ3) is 3.58. The second-order valence-electron chi connectivity index (χ2n) is 5.16. The average Bonchev–Trinajstić information content (AvgIpc) is 2.75. The molecule has 6 heteroatoms. The van der Waals surface area contributed by atoms with Gasteiger partial charge in [-0.25, -0.2) is 9.37 Å². The van der Waals surface area contributed by atoms with Gasteiger partial charge >= 0.3 is 0 Å². The van der Waals surface area contributed by atoms with Crippen LogP contribution >= 0.6 is 0 Å². The molecular formula is C15H21FN4O. The van der Waals surface area contributed by atoms with Gasteiger partial charge in [-0.3, -0.25) is 4.79 Å². The highest BCUT2D eigenvalue weighted by molar-refractivity contribution is 5.81. The van der Waals surface area contributed by atoms with Gasteiger partial charge in [-0.2, -0.15) is 0 Å². The fraction of sp³-hybridized carbons (Fsp3) is 0.467. The Bertz CT molecular complexity index is 638. The molecule has 2 aromatic rings. The first-order valence-electron chi connectivity index (χ1n) is 7.17. The summed E-state index contributed by atoms with van der Waals surface area (Å²) in [7, 11) is 1.88. The Morgan fingerprint density at radius 1 is 1.52 bits per heavy atom. The van der Waals surface area contributed by atoms with Crippen molar-refractivity contribution in [2.75, 3.05) is 6.54 Å². The van der Waals surface area contributed by atoms with Crippen molar-refractivity contribution in [3.63, 3.8) is 0 Å². The van der Waals surface area contributed by atoms with Crippen molar-refractivity contribution in [3.05, 3.63) is 29.8 Å². The molecule has 0 saturated heterocycles. The third-order valence-corrected chi connectivity index (χ3v) is 3.52. The molecule has 0 radical (unpaired) electrons. The summed E-state index contributed by atoms with van der Waals surface area (Å²) < 4.78 is 15.1. The molecule has 1 atom stereocenters. The van der Waals surface area contributed by atoms with E-state index >= 15 is 0 Å². The van der Waals surface area contributed by atoms with Crippen LogP contribution in [0.3, 0.4) is 0 Å². The van der Waals surface area contributed by atoms with Crippen molar-refractivity contribution in [1.29, 1.82) is 0 Å². The van der Waals surface area contributed by atoms with E-state index in [-0.39, 0.29) is 11.7 Å². The van der Waals surface area contributed by atoms with Crippen LogP contribution in [-0.2, 0) is 18.3 Å². The molecule has 0 saturated carbocycles. The van der Waals surface area contributed by atoms with E-state index in [0.29, 0.717) is 24.9 Å². The number of carbonyl (C=O) groups excluding carboxylic acids is 1. The first-order chi connectivity index (χ1) is 10.0. The molecular weight excluding hydrogens is 271 g/mol. The lowest BCUT2D eigenvalue weighted by Crippen LogP contribution is -2.41. The predicted molar refractivity (Wildman–Crippen MR) is 80.3 cm³/mol. The Kier molecular flexibility index (Phi) is 4.90. The number of halogens is 1. The highest BCUT2D eigenvalue weighted by atomic mass is 19.1. The molecule has 114 valence electrons. The van der Waals surface area contributed by atoms with Gasteiger partial charge in [0.25, 0.3) is 0 Å². The lowest BCUT2D eigenvalue weighted by atomic mass is 10.1. The molecule has 0 bridgehead atoms. The van der Waals surface area contributed by atoms with Crippen molar-refractivity contribution in [1.82, 2.24) is 14.9 Å². The van der Waals surface area contributed by atoms with Crippen molar-refractivity contribution in [3.8, 4) is 0 Å². The first kappa shape index (κ1) is 15.4. The summed E-state index contributed by atoms with van der Waals surface area (Å²) in [4.78, 5) is 16.1. The van der Waals surface area contributed by atoms with E-state index in [4.69, 9.17) is 5.73 Å². The Balaban J connectivity index is 1.98. The zero-order chi connectivity index (χ0) is 15.4. The van der Waals surface area contributed by atoms with Gasteiger partial charge in [0, 0.05) is 26.1 Å². The molecule has 1 aromatic heterocycles. The molecule has 0 aliphatic carbocycles. The van der Waals surface area contributed by atoms with E-state index in [9.17, 15) is 9.18 Å². The molecule has 1 unspecified atom stereocenters. The number of aryl methyl sites for hydroxylation is 1. The van der Waals surface area contributed by atoms with Crippen molar-refractivity contribution < 1.29 is 9.18 Å². The van der Waals surface area contributed by atoms with Gasteiger partial charge in [-0.05, 0) is 18.6 Å². The monoisotopic (exact) mass is 292 g/mol. The minimum Gasteiger partial charge on any atom is -0.354 e. The fourth-order valence-corrected chi connectivity index (χ4v) is 2.32. The highest BCUT2D eigenvalue weighted by Crippen LogP contribution is 2.16. The smallest absolute Gasteiger partial charge is 0.236 e. The van der Waals surface area contributed by atoms with Gasteiger partial charge < -0.3 is 15.6 Å². The van der Waals surface area contributed by atoms with Crippen LogP contribution in [0.4, 0.5) is 4.39 Å². The van der Waals surface area contributed by atoms with Gasteiger partial charge in [-0.1, -0.05) is 13.3 Å². The largest absolute Gasteiger partial charge is 0.354 e. The molecule has 0 aliphatic heterocycles. The lowest BCUT2D eigenvalue weighted by molar-refractivity contribution is -0.122. The van der Waals surface area contributed by atoms with E-state index in [2.05, 4.69) is 10.3 Å². The van der Waals surface area contributed by atoms with Crippen LogP contribution < -0.4 is 11.1 Å². The van der Waals surface area contributed by atoms with Gasteiger partial charge in [-0.15, -0.1) is 0 Å². The van der Waals surface area contributed by atoms with Gasteiger partial charge in [0.1, 0.15) is 11.6 Å². The number of rotatable bonds is 6. The average molecular weight is 292 g/mol. The summed E-state index contributed by atoms with van der Waals surface area (Å²) in [5.41, 5.74) is 7.24. The maximum atomic E-state index is 13.2. The molecule has 0 spiro atoms. The lowest BCUT2D eigenvalue weighted by Gasteiger charge is -2.10. The van der Waals surface area contributed by atoms with Crippen LogP contribution in [0.5, 0.6) is 0 Å². The highest BCUT2D eigenvalue weighted by Gasteiger charge is 2.12. The minimum absolute atomic E-state index is 0.137. The molecule has 0 aliphatic rings. The normalized spacial score (nSPS) is 12.6. The van der Waals surface area contributed by atoms with Crippen LogP contribution in [-0.4, -0.2) is 28.0 Å². The number of hydrogen-bond acceptors (Lipinski definition) is 3. The predicted octanol–water partition coefficient (Wildman–Crippen LogP) is 1.50. The number of hydrogen-bond donors (Lipinski definition) is 2. The quantitative estimate of drug-likeness (QED) is 0.847. The molecule has 5 nitrogen and oxygen atoms in total. The summed E-state index contributed by atoms with van der Waals surface area (Å²) in [5, 5.41) is 2.81.